The lowest BCUT2D eigenvalue weighted by molar-refractivity contribution is -0.136. The lowest BCUT2D eigenvalue weighted by Gasteiger charge is -2.03. The number of fused-ring (bicyclic) bond motifs is 1. The molecule has 0 aliphatic heterocycles. The zero-order valence-corrected chi connectivity index (χ0v) is 11.3. The highest BCUT2D eigenvalue weighted by Gasteiger charge is 2.09. The molecule has 100 valence electrons. The van der Waals surface area contributed by atoms with E-state index >= 15 is 0 Å². The highest BCUT2D eigenvalue weighted by Crippen LogP contribution is 2.27. The molecular formula is C16H12ClNO2. The van der Waals surface area contributed by atoms with E-state index in [0.717, 1.165) is 27.6 Å². The van der Waals surface area contributed by atoms with Gasteiger partial charge < -0.3 is 10.1 Å². The zero-order valence-electron chi connectivity index (χ0n) is 10.6. The Kier molecular flexibility index (Phi) is 3.20. The smallest absolute Gasteiger partial charge is 0.307 e. The van der Waals surface area contributed by atoms with Crippen molar-refractivity contribution in [3.63, 3.8) is 0 Å². The Morgan fingerprint density at radius 2 is 1.80 bits per heavy atom. The van der Waals surface area contributed by atoms with E-state index in [9.17, 15) is 4.79 Å². The standard InChI is InChI=1S/C16H12ClNO2/c17-13-4-1-10(2-5-13)11-3-6-15-14(7-11)12(9-18-15)8-16(19)20/h1-7,9,18H,8H2,(H,19,20). The van der Waals surface area contributed by atoms with Gasteiger partial charge in [-0.05, 0) is 41.0 Å². The molecule has 0 aliphatic rings. The Balaban J connectivity index is 2.09. The summed E-state index contributed by atoms with van der Waals surface area (Å²) >= 11 is 5.89. The summed E-state index contributed by atoms with van der Waals surface area (Å²) in [6.07, 6.45) is 1.77. The molecule has 0 atom stereocenters. The fraction of sp³-hybridized carbons (Fsp3) is 0.0625. The van der Waals surface area contributed by atoms with Gasteiger partial charge in [-0.15, -0.1) is 0 Å². The molecule has 0 unspecified atom stereocenters. The minimum Gasteiger partial charge on any atom is -0.481 e. The van der Waals surface area contributed by atoms with Crippen molar-refractivity contribution in [2.45, 2.75) is 6.42 Å². The molecule has 1 aromatic heterocycles. The predicted octanol–water partition coefficient (Wildman–Crippen LogP) is 4.12. The Hall–Kier alpha value is -2.26. The van der Waals surface area contributed by atoms with E-state index in [1.54, 1.807) is 6.20 Å². The lowest BCUT2D eigenvalue weighted by atomic mass is 10.0. The number of hydrogen-bond acceptors (Lipinski definition) is 1. The molecule has 0 radical (unpaired) electrons. The molecule has 3 aromatic rings. The molecule has 0 saturated carbocycles. The van der Waals surface area contributed by atoms with Crippen molar-refractivity contribution in [3.05, 3.63) is 59.2 Å². The molecule has 2 aromatic carbocycles. The lowest BCUT2D eigenvalue weighted by Crippen LogP contribution is -1.98. The van der Waals surface area contributed by atoms with Gasteiger partial charge in [0.05, 0.1) is 6.42 Å². The van der Waals surface area contributed by atoms with Gasteiger partial charge in [0.1, 0.15) is 0 Å². The Labute approximate surface area is 120 Å². The van der Waals surface area contributed by atoms with Crippen LogP contribution >= 0.6 is 11.6 Å². The van der Waals surface area contributed by atoms with Crippen molar-refractivity contribution in [2.24, 2.45) is 0 Å². The number of aromatic amines is 1. The van der Waals surface area contributed by atoms with Crippen LogP contribution in [0.15, 0.2) is 48.7 Å². The van der Waals surface area contributed by atoms with Gasteiger partial charge in [-0.1, -0.05) is 29.8 Å². The Morgan fingerprint density at radius 3 is 2.50 bits per heavy atom. The first-order chi connectivity index (χ1) is 9.63. The Bertz CT molecular complexity index is 775. The van der Waals surface area contributed by atoms with Crippen molar-refractivity contribution in [1.82, 2.24) is 4.98 Å². The minimum atomic E-state index is -0.831. The topological polar surface area (TPSA) is 53.1 Å². The van der Waals surface area contributed by atoms with E-state index in [0.29, 0.717) is 5.02 Å². The number of H-pyrrole nitrogens is 1. The summed E-state index contributed by atoms with van der Waals surface area (Å²) in [6.45, 7) is 0. The van der Waals surface area contributed by atoms with Crippen LogP contribution in [-0.4, -0.2) is 16.1 Å². The number of rotatable bonds is 3. The van der Waals surface area contributed by atoms with Gasteiger partial charge in [0.15, 0.2) is 0 Å². The van der Waals surface area contributed by atoms with Gasteiger partial charge in [0.25, 0.3) is 0 Å². The molecule has 3 rings (SSSR count). The Morgan fingerprint density at radius 1 is 1.10 bits per heavy atom. The molecule has 0 aliphatic carbocycles. The number of carbonyl (C=O) groups is 1. The molecule has 0 amide bonds. The third-order valence-corrected chi connectivity index (χ3v) is 3.54. The largest absolute Gasteiger partial charge is 0.481 e. The highest BCUT2D eigenvalue weighted by molar-refractivity contribution is 6.30. The summed E-state index contributed by atoms with van der Waals surface area (Å²) in [4.78, 5) is 14.0. The number of aromatic nitrogens is 1. The summed E-state index contributed by atoms with van der Waals surface area (Å²) < 4.78 is 0. The van der Waals surface area contributed by atoms with Crippen molar-refractivity contribution < 1.29 is 9.90 Å². The second-order valence-corrected chi connectivity index (χ2v) is 5.09. The monoisotopic (exact) mass is 285 g/mol. The molecule has 0 spiro atoms. The molecule has 0 fully saturated rings. The first kappa shape index (κ1) is 12.8. The fourth-order valence-corrected chi connectivity index (χ4v) is 2.44. The van der Waals surface area contributed by atoms with Gasteiger partial charge in [0, 0.05) is 22.1 Å². The van der Waals surface area contributed by atoms with Crippen LogP contribution in [0.5, 0.6) is 0 Å². The average Bonchev–Trinajstić information content (AvgIpc) is 2.81. The maximum absolute atomic E-state index is 10.9. The van der Waals surface area contributed by atoms with E-state index in [2.05, 4.69) is 4.98 Å². The fourth-order valence-electron chi connectivity index (χ4n) is 2.31. The third kappa shape index (κ3) is 2.40. The number of benzene rings is 2. The van der Waals surface area contributed by atoms with Crippen LogP contribution in [0.2, 0.25) is 5.02 Å². The first-order valence-electron chi connectivity index (χ1n) is 6.21. The second-order valence-electron chi connectivity index (χ2n) is 4.65. The van der Waals surface area contributed by atoms with Crippen LogP contribution in [0.4, 0.5) is 0 Å². The van der Waals surface area contributed by atoms with Crippen molar-refractivity contribution >= 4 is 28.5 Å². The summed E-state index contributed by atoms with van der Waals surface area (Å²) in [6, 6.07) is 13.6. The highest BCUT2D eigenvalue weighted by atomic mass is 35.5. The number of carboxylic acids is 1. The van der Waals surface area contributed by atoms with Gasteiger partial charge in [-0.2, -0.15) is 0 Å². The van der Waals surface area contributed by atoms with Gasteiger partial charge in [0.2, 0.25) is 0 Å². The molecular weight excluding hydrogens is 274 g/mol. The predicted molar refractivity (Wildman–Crippen MR) is 80.1 cm³/mol. The number of nitrogens with one attached hydrogen (secondary N) is 1. The molecule has 2 N–H and O–H groups in total. The summed E-state index contributed by atoms with van der Waals surface area (Å²) in [5, 5.41) is 10.6. The van der Waals surface area contributed by atoms with Crippen molar-refractivity contribution in [2.75, 3.05) is 0 Å². The van der Waals surface area contributed by atoms with Crippen LogP contribution < -0.4 is 0 Å². The van der Waals surface area contributed by atoms with Gasteiger partial charge >= 0.3 is 5.97 Å². The number of halogens is 1. The van der Waals surface area contributed by atoms with E-state index in [-0.39, 0.29) is 6.42 Å². The molecule has 1 heterocycles. The SMILES string of the molecule is O=C(O)Cc1c[nH]c2ccc(-c3ccc(Cl)cc3)cc12. The van der Waals surface area contributed by atoms with Gasteiger partial charge in [-0.3, -0.25) is 4.79 Å². The number of hydrogen-bond donors (Lipinski definition) is 2. The van der Waals surface area contributed by atoms with Gasteiger partial charge in [-0.25, -0.2) is 0 Å². The molecule has 0 bridgehead atoms. The molecule has 20 heavy (non-hydrogen) atoms. The maximum Gasteiger partial charge on any atom is 0.307 e. The third-order valence-electron chi connectivity index (χ3n) is 3.29. The van der Waals surface area contributed by atoms with E-state index in [1.807, 2.05) is 42.5 Å². The van der Waals surface area contributed by atoms with Crippen LogP contribution in [0, 0.1) is 0 Å². The van der Waals surface area contributed by atoms with Crippen LogP contribution in [0.3, 0.4) is 0 Å². The van der Waals surface area contributed by atoms with Crippen LogP contribution in [0.25, 0.3) is 22.0 Å². The normalized spacial score (nSPS) is 10.8. The molecule has 4 heteroatoms. The van der Waals surface area contributed by atoms with Crippen molar-refractivity contribution in [1.29, 1.82) is 0 Å². The van der Waals surface area contributed by atoms with Crippen molar-refractivity contribution in [3.8, 4) is 11.1 Å². The zero-order chi connectivity index (χ0) is 14.1. The summed E-state index contributed by atoms with van der Waals surface area (Å²) in [5.74, 6) is -0.831. The minimum absolute atomic E-state index is 0.0179. The number of carboxylic acid groups (broad SMARTS) is 1. The average molecular weight is 286 g/mol. The van der Waals surface area contributed by atoms with E-state index in [4.69, 9.17) is 16.7 Å². The molecule has 0 saturated heterocycles. The second kappa shape index (κ2) is 5.02. The van der Waals surface area contributed by atoms with E-state index in [1.165, 1.54) is 0 Å². The molecule has 3 nitrogen and oxygen atoms in total. The van der Waals surface area contributed by atoms with Crippen LogP contribution in [0.1, 0.15) is 5.56 Å². The van der Waals surface area contributed by atoms with E-state index < -0.39 is 5.97 Å². The summed E-state index contributed by atoms with van der Waals surface area (Å²) in [5.41, 5.74) is 3.83. The van der Waals surface area contributed by atoms with Crippen LogP contribution in [-0.2, 0) is 11.2 Å². The quantitative estimate of drug-likeness (QED) is 0.761. The summed E-state index contributed by atoms with van der Waals surface area (Å²) in [7, 11) is 0. The first-order valence-corrected chi connectivity index (χ1v) is 6.59. The number of aliphatic carboxylic acids is 1. The maximum atomic E-state index is 10.9.